The molecule has 178 valence electrons. The van der Waals surface area contributed by atoms with Crippen molar-refractivity contribution in [2.45, 2.75) is 14.7 Å². The van der Waals surface area contributed by atoms with Gasteiger partial charge >= 0.3 is 20.2 Å². The molecule has 0 heterocycles. The highest BCUT2D eigenvalue weighted by atomic mass is 32.3. The largest absolute Gasteiger partial charge is 0.399 e. The van der Waals surface area contributed by atoms with Crippen molar-refractivity contribution in [3.05, 3.63) is 60.7 Å². The van der Waals surface area contributed by atoms with Crippen LogP contribution in [-0.4, -0.2) is 29.8 Å². The first-order valence-electron chi connectivity index (χ1n) is 9.29. The molecule has 0 bridgehead atoms. The van der Waals surface area contributed by atoms with Gasteiger partial charge in [-0.1, -0.05) is 18.2 Å². The monoisotopic (exact) mass is 523 g/mol. The summed E-state index contributed by atoms with van der Waals surface area (Å²) in [6, 6.07) is 12.1. The van der Waals surface area contributed by atoms with Crippen molar-refractivity contribution >= 4 is 69.0 Å². The number of benzene rings is 4. The zero-order chi connectivity index (χ0) is 25.1. The fraction of sp³-hybridized carbons (Fsp3) is 0. The average molecular weight is 524 g/mol. The molecule has 11 nitrogen and oxygen atoms in total. The lowest BCUT2D eigenvalue weighted by atomic mass is 10.1. The lowest BCUT2D eigenvalue weighted by Crippen LogP contribution is -2.15. The zero-order valence-electron chi connectivity index (χ0n) is 17.0. The predicted octanol–water partition coefficient (Wildman–Crippen LogP) is 2.08. The maximum absolute atomic E-state index is 13.0. The SMILES string of the molecule is Nc1cc(S(=O)(=O)O)c2cccc(S(=O)(=O)OS(=O)(=O)c3ccc4c(N)ccc(N)c4c3)c2c1. The van der Waals surface area contributed by atoms with E-state index in [9.17, 15) is 29.8 Å². The Balaban J connectivity index is 1.86. The molecule has 0 aromatic heterocycles. The molecule has 0 amide bonds. The molecule has 0 radical (unpaired) electrons. The van der Waals surface area contributed by atoms with Crippen LogP contribution in [-0.2, 0) is 34.0 Å². The molecule has 14 heteroatoms. The number of hydrogen-bond acceptors (Lipinski definition) is 10. The van der Waals surface area contributed by atoms with Crippen molar-refractivity contribution in [3.8, 4) is 0 Å². The second-order valence-corrected chi connectivity index (χ2v) is 11.9. The van der Waals surface area contributed by atoms with E-state index in [4.69, 9.17) is 17.2 Å². The third-order valence-corrected chi connectivity index (χ3v) is 9.06. The van der Waals surface area contributed by atoms with Gasteiger partial charge in [0.1, 0.15) is 9.79 Å². The number of hydrogen-bond donors (Lipinski definition) is 4. The third-order valence-electron chi connectivity index (χ3n) is 5.01. The molecular weight excluding hydrogens is 506 g/mol. The standard InChI is InChI=1S/C20H17N3O8S3/c21-11-8-16-14(20(9-11)32(24,25)26)2-1-3-19(16)34(29,30)31-33(27,28)12-4-5-13-15(10-12)18(23)7-6-17(13)22/h1-10H,21-23H2,(H,24,25,26). The van der Waals surface area contributed by atoms with Crippen LogP contribution in [0.2, 0.25) is 0 Å². The van der Waals surface area contributed by atoms with E-state index in [0.29, 0.717) is 11.1 Å². The minimum atomic E-state index is -5.02. The van der Waals surface area contributed by atoms with Gasteiger partial charge in [-0.15, -0.1) is 3.63 Å². The maximum Gasteiger partial charge on any atom is 0.312 e. The highest BCUT2D eigenvalue weighted by Gasteiger charge is 2.30. The minimum Gasteiger partial charge on any atom is -0.399 e. The summed E-state index contributed by atoms with van der Waals surface area (Å²) >= 11 is 0. The van der Waals surface area contributed by atoms with Crippen LogP contribution in [0.1, 0.15) is 0 Å². The molecule has 0 saturated carbocycles. The van der Waals surface area contributed by atoms with Gasteiger partial charge in [0.05, 0.1) is 4.90 Å². The molecular formula is C20H17N3O8S3. The highest BCUT2D eigenvalue weighted by Crippen LogP contribution is 2.34. The van der Waals surface area contributed by atoms with Gasteiger partial charge in [-0.05, 0) is 42.5 Å². The van der Waals surface area contributed by atoms with E-state index in [2.05, 4.69) is 3.63 Å². The Morgan fingerprint density at radius 3 is 1.91 bits per heavy atom. The summed E-state index contributed by atoms with van der Waals surface area (Å²) in [5.74, 6) is 0. The summed E-state index contributed by atoms with van der Waals surface area (Å²) in [5, 5.41) is 0.274. The van der Waals surface area contributed by atoms with Crippen LogP contribution in [0.5, 0.6) is 0 Å². The number of nitrogen functional groups attached to an aromatic ring is 3. The Morgan fingerprint density at radius 2 is 1.26 bits per heavy atom. The zero-order valence-corrected chi connectivity index (χ0v) is 19.5. The topological polar surface area (TPSA) is 210 Å². The highest BCUT2D eigenvalue weighted by molar-refractivity contribution is 8.00. The van der Waals surface area contributed by atoms with Crippen LogP contribution in [0.3, 0.4) is 0 Å². The quantitative estimate of drug-likeness (QED) is 0.220. The van der Waals surface area contributed by atoms with Crippen molar-refractivity contribution in [1.29, 1.82) is 0 Å². The normalized spacial score (nSPS) is 12.9. The predicted molar refractivity (Wildman–Crippen MR) is 126 cm³/mol. The Morgan fingerprint density at radius 1 is 0.618 bits per heavy atom. The van der Waals surface area contributed by atoms with Gasteiger partial charge < -0.3 is 17.2 Å². The van der Waals surface area contributed by atoms with Crippen molar-refractivity contribution in [2.24, 2.45) is 0 Å². The second kappa shape index (κ2) is 7.82. The lowest BCUT2D eigenvalue weighted by Gasteiger charge is -2.12. The van der Waals surface area contributed by atoms with Gasteiger partial charge in [0.2, 0.25) is 0 Å². The maximum atomic E-state index is 13.0. The summed E-state index contributed by atoms with van der Waals surface area (Å²) < 4.78 is 89.3. The Bertz CT molecular complexity index is 1820. The van der Waals surface area contributed by atoms with E-state index in [-0.39, 0.29) is 27.5 Å². The summed E-state index contributed by atoms with van der Waals surface area (Å²) in [4.78, 5) is -1.82. The molecule has 0 aliphatic heterocycles. The molecule has 4 aromatic rings. The molecule has 0 atom stereocenters. The summed E-state index contributed by atoms with van der Waals surface area (Å²) in [7, 11) is -14.7. The summed E-state index contributed by atoms with van der Waals surface area (Å²) in [6.07, 6.45) is 0. The van der Waals surface area contributed by atoms with E-state index in [1.165, 1.54) is 18.2 Å². The smallest absolute Gasteiger partial charge is 0.312 e. The Kier molecular flexibility index (Phi) is 5.45. The molecule has 0 fully saturated rings. The molecule has 0 unspecified atom stereocenters. The number of nitrogens with two attached hydrogens (primary N) is 3. The van der Waals surface area contributed by atoms with E-state index < -0.39 is 45.0 Å². The molecule has 4 aromatic carbocycles. The van der Waals surface area contributed by atoms with Crippen LogP contribution in [0.15, 0.2) is 75.4 Å². The van der Waals surface area contributed by atoms with E-state index >= 15 is 0 Å². The average Bonchev–Trinajstić information content (AvgIpc) is 2.73. The van der Waals surface area contributed by atoms with Gasteiger partial charge in [-0.25, -0.2) is 0 Å². The fourth-order valence-corrected chi connectivity index (χ4v) is 6.97. The van der Waals surface area contributed by atoms with Crippen LogP contribution < -0.4 is 17.2 Å². The van der Waals surface area contributed by atoms with E-state index in [1.807, 2.05) is 0 Å². The molecule has 0 aliphatic carbocycles. The fourth-order valence-electron chi connectivity index (χ4n) is 3.50. The van der Waals surface area contributed by atoms with Crippen molar-refractivity contribution in [2.75, 3.05) is 17.2 Å². The second-order valence-electron chi connectivity index (χ2n) is 7.27. The molecule has 34 heavy (non-hydrogen) atoms. The van der Waals surface area contributed by atoms with Crippen LogP contribution in [0.25, 0.3) is 21.5 Å². The van der Waals surface area contributed by atoms with E-state index in [0.717, 1.165) is 36.4 Å². The van der Waals surface area contributed by atoms with Crippen LogP contribution in [0.4, 0.5) is 17.1 Å². The molecule has 7 N–H and O–H groups in total. The number of fused-ring (bicyclic) bond motifs is 2. The van der Waals surface area contributed by atoms with Crippen molar-refractivity contribution < 1.29 is 33.4 Å². The van der Waals surface area contributed by atoms with Crippen LogP contribution in [0, 0.1) is 0 Å². The van der Waals surface area contributed by atoms with Crippen molar-refractivity contribution in [1.82, 2.24) is 0 Å². The van der Waals surface area contributed by atoms with Gasteiger partial charge in [-0.3, -0.25) is 4.55 Å². The van der Waals surface area contributed by atoms with Crippen LogP contribution >= 0.6 is 0 Å². The molecule has 0 spiro atoms. The molecule has 0 aliphatic rings. The van der Waals surface area contributed by atoms with E-state index in [1.54, 1.807) is 6.07 Å². The van der Waals surface area contributed by atoms with Gasteiger partial charge in [0.25, 0.3) is 10.1 Å². The Labute approximate surface area is 194 Å². The first kappa shape index (κ1) is 23.7. The molecule has 0 saturated heterocycles. The summed E-state index contributed by atoms with van der Waals surface area (Å²) in [6.45, 7) is 0. The van der Waals surface area contributed by atoms with Crippen molar-refractivity contribution in [3.63, 3.8) is 0 Å². The first-order chi connectivity index (χ1) is 15.7. The lowest BCUT2D eigenvalue weighted by molar-refractivity contribution is 0.462. The number of anilines is 3. The Hall–Kier alpha value is -3.43. The van der Waals surface area contributed by atoms with Gasteiger partial charge in [-0.2, -0.15) is 25.3 Å². The van der Waals surface area contributed by atoms with Gasteiger partial charge in [0, 0.05) is 38.6 Å². The summed E-state index contributed by atoms with van der Waals surface area (Å²) in [5.41, 5.74) is 17.8. The minimum absolute atomic E-state index is 0.187. The molecule has 4 rings (SSSR count). The first-order valence-corrected chi connectivity index (χ1v) is 13.5. The third kappa shape index (κ3) is 4.12. The van der Waals surface area contributed by atoms with Gasteiger partial charge in [0.15, 0.2) is 0 Å². The number of rotatable bonds is 5.